The van der Waals surface area contributed by atoms with Crippen molar-refractivity contribution in [3.63, 3.8) is 0 Å². The molecule has 1 fully saturated rings. The molecule has 1 N–H and O–H groups in total. The maximum absolute atomic E-state index is 13.3. The summed E-state index contributed by atoms with van der Waals surface area (Å²) in [5.74, 6) is 1.34. The molecule has 0 aromatic heterocycles. The Morgan fingerprint density at radius 1 is 1.35 bits per heavy atom. The van der Waals surface area contributed by atoms with Crippen molar-refractivity contribution in [1.82, 2.24) is 5.32 Å². The van der Waals surface area contributed by atoms with Crippen molar-refractivity contribution >= 4 is 0 Å². The zero-order valence-electron chi connectivity index (χ0n) is 11.0. The molecule has 1 aromatic rings. The quantitative estimate of drug-likeness (QED) is 0.839. The average molecular weight is 235 g/mol. The third-order valence-electron chi connectivity index (χ3n) is 4.21. The van der Waals surface area contributed by atoms with Gasteiger partial charge in [-0.05, 0) is 49.4 Å². The third-order valence-corrected chi connectivity index (χ3v) is 4.21. The van der Waals surface area contributed by atoms with Crippen molar-refractivity contribution in [1.29, 1.82) is 0 Å². The van der Waals surface area contributed by atoms with Gasteiger partial charge in [-0.2, -0.15) is 0 Å². The van der Waals surface area contributed by atoms with E-state index in [1.54, 1.807) is 6.07 Å². The summed E-state index contributed by atoms with van der Waals surface area (Å²) in [6.45, 7) is 4.17. The van der Waals surface area contributed by atoms with Gasteiger partial charge >= 0.3 is 0 Å². The average Bonchev–Trinajstić information content (AvgIpc) is 2.71. The van der Waals surface area contributed by atoms with E-state index in [9.17, 15) is 4.39 Å². The molecule has 0 radical (unpaired) electrons. The van der Waals surface area contributed by atoms with E-state index in [0.717, 1.165) is 11.5 Å². The van der Waals surface area contributed by atoms with E-state index < -0.39 is 0 Å². The predicted octanol–water partition coefficient (Wildman–Crippen LogP) is 3.83. The van der Waals surface area contributed by atoms with Crippen molar-refractivity contribution < 1.29 is 4.39 Å². The molecular formula is C15H22FN. The van der Waals surface area contributed by atoms with E-state index in [1.807, 2.05) is 26.1 Å². The lowest BCUT2D eigenvalue weighted by Crippen LogP contribution is -2.27. The number of halogens is 1. The number of nitrogens with one attached hydrogen (secondary N) is 1. The summed E-state index contributed by atoms with van der Waals surface area (Å²) in [5.41, 5.74) is 1.97. The topological polar surface area (TPSA) is 12.0 Å². The molecule has 0 aliphatic heterocycles. The van der Waals surface area contributed by atoms with Gasteiger partial charge in [0, 0.05) is 6.04 Å². The summed E-state index contributed by atoms with van der Waals surface area (Å²) in [5, 5.41) is 3.41. The van der Waals surface area contributed by atoms with E-state index in [0.29, 0.717) is 12.0 Å². The highest BCUT2D eigenvalue weighted by molar-refractivity contribution is 5.27. The van der Waals surface area contributed by atoms with E-state index in [1.165, 1.54) is 24.8 Å². The van der Waals surface area contributed by atoms with Crippen LogP contribution in [0.25, 0.3) is 0 Å². The molecule has 0 bridgehead atoms. The summed E-state index contributed by atoms with van der Waals surface area (Å²) < 4.78 is 13.3. The predicted molar refractivity (Wildman–Crippen MR) is 69.4 cm³/mol. The Morgan fingerprint density at radius 2 is 2.12 bits per heavy atom. The highest BCUT2D eigenvalue weighted by atomic mass is 19.1. The number of rotatable bonds is 3. The lowest BCUT2D eigenvalue weighted by molar-refractivity contribution is 0.315. The molecule has 1 aliphatic rings. The van der Waals surface area contributed by atoms with Crippen molar-refractivity contribution in [2.24, 2.45) is 11.8 Å². The van der Waals surface area contributed by atoms with Crippen LogP contribution in [0.4, 0.5) is 4.39 Å². The Bertz CT molecular complexity index is 389. The summed E-state index contributed by atoms with van der Waals surface area (Å²) >= 11 is 0. The van der Waals surface area contributed by atoms with Crippen LogP contribution in [0.2, 0.25) is 0 Å². The fourth-order valence-corrected chi connectivity index (χ4v) is 3.16. The first-order chi connectivity index (χ1) is 8.13. The molecule has 1 aliphatic carbocycles. The first-order valence-electron chi connectivity index (χ1n) is 6.56. The van der Waals surface area contributed by atoms with Crippen molar-refractivity contribution in [3.05, 3.63) is 35.1 Å². The van der Waals surface area contributed by atoms with Gasteiger partial charge in [0.2, 0.25) is 0 Å². The van der Waals surface area contributed by atoms with Gasteiger partial charge in [-0.1, -0.05) is 31.9 Å². The minimum Gasteiger partial charge on any atom is -0.313 e. The summed E-state index contributed by atoms with van der Waals surface area (Å²) in [7, 11) is 2.01. The molecule has 1 nitrogen and oxygen atoms in total. The molecule has 3 atom stereocenters. The van der Waals surface area contributed by atoms with Crippen molar-refractivity contribution in [2.75, 3.05) is 7.05 Å². The molecule has 2 heteroatoms. The van der Waals surface area contributed by atoms with Gasteiger partial charge in [0.05, 0.1) is 0 Å². The second-order valence-electron chi connectivity index (χ2n) is 5.35. The molecule has 1 aromatic carbocycles. The molecule has 17 heavy (non-hydrogen) atoms. The van der Waals surface area contributed by atoms with Crippen molar-refractivity contribution in [2.45, 2.75) is 39.2 Å². The number of aryl methyl sites for hydroxylation is 1. The highest BCUT2D eigenvalue weighted by Gasteiger charge is 2.30. The van der Waals surface area contributed by atoms with Gasteiger partial charge in [0.1, 0.15) is 5.82 Å². The largest absolute Gasteiger partial charge is 0.313 e. The minimum atomic E-state index is -0.108. The monoisotopic (exact) mass is 235 g/mol. The van der Waals surface area contributed by atoms with Gasteiger partial charge in [-0.15, -0.1) is 0 Å². The van der Waals surface area contributed by atoms with Crippen LogP contribution >= 0.6 is 0 Å². The maximum atomic E-state index is 13.3. The molecule has 94 valence electrons. The summed E-state index contributed by atoms with van der Waals surface area (Å²) in [6, 6.07) is 5.87. The molecule has 3 unspecified atom stereocenters. The Kier molecular flexibility index (Phi) is 3.82. The maximum Gasteiger partial charge on any atom is 0.126 e. The van der Waals surface area contributed by atoms with Gasteiger partial charge in [0.15, 0.2) is 0 Å². The van der Waals surface area contributed by atoms with Crippen LogP contribution in [0.3, 0.4) is 0 Å². The van der Waals surface area contributed by atoms with Crippen LogP contribution in [0, 0.1) is 24.6 Å². The van der Waals surface area contributed by atoms with Crippen LogP contribution in [0.5, 0.6) is 0 Å². The fraction of sp³-hybridized carbons (Fsp3) is 0.600. The summed E-state index contributed by atoms with van der Waals surface area (Å²) in [4.78, 5) is 0. The molecule has 2 rings (SSSR count). The standard InChI is InChI=1S/C15H22FN/c1-10-5-4-6-13(10)15(17-3)12-7-8-14(16)11(2)9-12/h7-10,13,15,17H,4-6H2,1-3H3. The van der Waals surface area contributed by atoms with E-state index in [4.69, 9.17) is 0 Å². The normalized spacial score (nSPS) is 26.1. The molecule has 1 saturated carbocycles. The third kappa shape index (κ3) is 2.52. The van der Waals surface area contributed by atoms with Crippen molar-refractivity contribution in [3.8, 4) is 0 Å². The van der Waals surface area contributed by atoms with Gasteiger partial charge < -0.3 is 5.32 Å². The number of benzene rings is 1. The second-order valence-corrected chi connectivity index (χ2v) is 5.35. The molecular weight excluding hydrogens is 213 g/mol. The van der Waals surface area contributed by atoms with Crippen LogP contribution in [0.1, 0.15) is 43.4 Å². The summed E-state index contributed by atoms with van der Waals surface area (Å²) in [6.07, 6.45) is 3.93. The van der Waals surface area contributed by atoms with E-state index >= 15 is 0 Å². The first kappa shape index (κ1) is 12.6. The fourth-order valence-electron chi connectivity index (χ4n) is 3.16. The molecule has 0 saturated heterocycles. The lowest BCUT2D eigenvalue weighted by atomic mass is 9.85. The Labute approximate surface area is 103 Å². The van der Waals surface area contributed by atoms with Crippen LogP contribution in [0.15, 0.2) is 18.2 Å². The van der Waals surface area contributed by atoms with E-state index in [-0.39, 0.29) is 5.82 Å². The first-order valence-corrected chi connectivity index (χ1v) is 6.56. The SMILES string of the molecule is CNC(c1ccc(F)c(C)c1)C1CCCC1C. The second kappa shape index (κ2) is 5.18. The Hall–Kier alpha value is -0.890. The number of hydrogen-bond donors (Lipinski definition) is 1. The molecule has 0 amide bonds. The zero-order chi connectivity index (χ0) is 12.4. The Balaban J connectivity index is 2.25. The minimum absolute atomic E-state index is 0.108. The highest BCUT2D eigenvalue weighted by Crippen LogP contribution is 2.40. The number of hydrogen-bond acceptors (Lipinski definition) is 1. The van der Waals surface area contributed by atoms with Gasteiger partial charge in [0.25, 0.3) is 0 Å². The van der Waals surface area contributed by atoms with Crippen LogP contribution < -0.4 is 5.32 Å². The zero-order valence-corrected chi connectivity index (χ0v) is 11.0. The van der Waals surface area contributed by atoms with Gasteiger partial charge in [-0.25, -0.2) is 4.39 Å². The van der Waals surface area contributed by atoms with E-state index in [2.05, 4.69) is 12.2 Å². The smallest absolute Gasteiger partial charge is 0.126 e. The van der Waals surface area contributed by atoms with Gasteiger partial charge in [-0.3, -0.25) is 0 Å². The molecule has 0 spiro atoms. The van der Waals surface area contributed by atoms with Crippen LogP contribution in [-0.4, -0.2) is 7.05 Å². The molecule has 0 heterocycles. The van der Waals surface area contributed by atoms with Crippen LogP contribution in [-0.2, 0) is 0 Å². The Morgan fingerprint density at radius 3 is 2.65 bits per heavy atom. The lowest BCUT2D eigenvalue weighted by Gasteiger charge is -2.27.